The first-order chi connectivity index (χ1) is 18.9. The van der Waals surface area contributed by atoms with Crippen LogP contribution in [0.5, 0.6) is 5.75 Å². The first kappa shape index (κ1) is 25.9. The number of anilines is 2. The summed E-state index contributed by atoms with van der Waals surface area (Å²) in [5, 5.41) is 2.93. The van der Waals surface area contributed by atoms with Crippen LogP contribution in [0.2, 0.25) is 0 Å². The number of para-hydroxylation sites is 2. The van der Waals surface area contributed by atoms with Crippen LogP contribution in [0.3, 0.4) is 0 Å². The summed E-state index contributed by atoms with van der Waals surface area (Å²) in [4.78, 5) is 13.4. The third-order valence-electron chi connectivity index (χ3n) is 8.87. The van der Waals surface area contributed by atoms with Gasteiger partial charge in [0.1, 0.15) is 12.3 Å². The topological polar surface area (TPSA) is 75.7 Å². The predicted molar refractivity (Wildman–Crippen MR) is 154 cm³/mol. The van der Waals surface area contributed by atoms with E-state index in [2.05, 4.69) is 17.4 Å². The third kappa shape index (κ3) is 5.05. The van der Waals surface area contributed by atoms with E-state index in [1.165, 1.54) is 56.2 Å². The van der Waals surface area contributed by atoms with Crippen molar-refractivity contribution in [2.45, 2.75) is 55.8 Å². The van der Waals surface area contributed by atoms with Gasteiger partial charge in [0, 0.05) is 5.69 Å². The summed E-state index contributed by atoms with van der Waals surface area (Å²) in [7, 11) is -4.02. The molecular weight excluding hydrogens is 508 g/mol. The van der Waals surface area contributed by atoms with Crippen LogP contribution in [0.1, 0.15) is 51.0 Å². The molecule has 1 N–H and O–H groups in total. The Labute approximate surface area is 231 Å². The molecule has 0 aromatic heterocycles. The fourth-order valence-corrected chi connectivity index (χ4v) is 9.11. The highest BCUT2D eigenvalue weighted by Gasteiger charge is 2.51. The van der Waals surface area contributed by atoms with Crippen LogP contribution in [-0.2, 0) is 20.2 Å². The number of amides is 1. The van der Waals surface area contributed by atoms with Crippen molar-refractivity contribution in [1.82, 2.24) is 0 Å². The number of carbonyl (C=O) groups is 1. The molecule has 3 aromatic rings. The fourth-order valence-electron chi connectivity index (χ4n) is 7.66. The quantitative estimate of drug-likeness (QED) is 0.339. The maximum absolute atomic E-state index is 13.7. The SMILES string of the molecule is CCOc1ccccc1N(CC(=O)Nc1ccc(C23CC4CC(CC(C4)C2)C3)cc1)S(=O)(=O)c1ccccc1. The van der Waals surface area contributed by atoms with Crippen LogP contribution < -0.4 is 14.4 Å². The molecule has 4 aliphatic rings. The maximum Gasteiger partial charge on any atom is 0.264 e. The zero-order valence-electron chi connectivity index (χ0n) is 22.4. The van der Waals surface area contributed by atoms with Gasteiger partial charge in [-0.3, -0.25) is 9.10 Å². The lowest BCUT2D eigenvalue weighted by Crippen LogP contribution is -2.48. The summed E-state index contributed by atoms with van der Waals surface area (Å²) in [6.45, 7) is 1.84. The standard InChI is InChI=1S/C32H36N2O4S/c1-2-38-30-11-7-6-10-29(30)34(39(36,37)28-8-4-3-5-9-28)22-31(35)33-27-14-12-26(13-15-27)32-19-23-16-24(20-32)18-25(17-23)21-32/h3-15,23-25H,2,16-22H2,1H3,(H,33,35). The van der Waals surface area contributed by atoms with Crippen LogP contribution >= 0.6 is 0 Å². The van der Waals surface area contributed by atoms with Crippen LogP contribution in [0.4, 0.5) is 11.4 Å². The number of benzene rings is 3. The summed E-state index contributed by atoms with van der Waals surface area (Å²) < 4.78 is 34.3. The number of sulfonamides is 1. The van der Waals surface area contributed by atoms with E-state index < -0.39 is 15.9 Å². The molecule has 0 unspecified atom stereocenters. The number of nitrogens with zero attached hydrogens (tertiary/aromatic N) is 1. The van der Waals surface area contributed by atoms with E-state index in [4.69, 9.17) is 4.74 Å². The fraction of sp³-hybridized carbons (Fsp3) is 0.406. The Kier molecular flexibility index (Phi) is 6.88. The van der Waals surface area contributed by atoms with Gasteiger partial charge in [0.05, 0.1) is 17.2 Å². The lowest BCUT2D eigenvalue weighted by Gasteiger charge is -2.57. The second-order valence-corrected chi connectivity index (χ2v) is 13.4. The van der Waals surface area contributed by atoms with Crippen molar-refractivity contribution in [2.75, 3.05) is 22.8 Å². The van der Waals surface area contributed by atoms with Crippen molar-refractivity contribution in [1.29, 1.82) is 0 Å². The molecule has 0 aliphatic heterocycles. The minimum Gasteiger partial charge on any atom is -0.492 e. The van der Waals surface area contributed by atoms with Gasteiger partial charge in [0.25, 0.3) is 10.0 Å². The van der Waals surface area contributed by atoms with E-state index in [-0.39, 0.29) is 11.4 Å². The summed E-state index contributed by atoms with van der Waals surface area (Å²) in [6, 6.07) is 23.4. The predicted octanol–water partition coefficient (Wildman–Crippen LogP) is 6.39. The molecule has 4 bridgehead atoms. The molecule has 1 amide bonds. The number of rotatable bonds is 9. The largest absolute Gasteiger partial charge is 0.492 e. The maximum atomic E-state index is 13.7. The van der Waals surface area contributed by atoms with Gasteiger partial charge in [0.15, 0.2) is 0 Å². The van der Waals surface area contributed by atoms with E-state index in [1.807, 2.05) is 19.1 Å². The van der Waals surface area contributed by atoms with Crippen molar-refractivity contribution in [3.8, 4) is 5.75 Å². The molecule has 0 radical (unpaired) electrons. The molecule has 0 spiro atoms. The van der Waals surface area contributed by atoms with Crippen molar-refractivity contribution < 1.29 is 17.9 Å². The summed E-state index contributed by atoms with van der Waals surface area (Å²) in [6.07, 6.45) is 8.08. The lowest BCUT2D eigenvalue weighted by atomic mass is 9.48. The molecule has 4 saturated carbocycles. The van der Waals surface area contributed by atoms with E-state index in [1.54, 1.807) is 42.5 Å². The van der Waals surface area contributed by atoms with E-state index in [0.717, 1.165) is 22.1 Å². The van der Waals surface area contributed by atoms with Gasteiger partial charge in [-0.05, 0) is 111 Å². The molecule has 3 aromatic carbocycles. The lowest BCUT2D eigenvalue weighted by molar-refractivity contribution is -0.114. The second-order valence-electron chi connectivity index (χ2n) is 11.5. The second kappa shape index (κ2) is 10.3. The number of carbonyl (C=O) groups excluding carboxylic acids is 1. The molecule has 4 fully saturated rings. The van der Waals surface area contributed by atoms with Gasteiger partial charge in [-0.25, -0.2) is 8.42 Å². The number of nitrogens with one attached hydrogen (secondary N) is 1. The van der Waals surface area contributed by atoms with Gasteiger partial charge in [-0.2, -0.15) is 0 Å². The zero-order valence-corrected chi connectivity index (χ0v) is 23.2. The molecule has 0 heterocycles. The van der Waals surface area contributed by atoms with Gasteiger partial charge < -0.3 is 10.1 Å². The van der Waals surface area contributed by atoms with E-state index >= 15 is 0 Å². The molecule has 4 aliphatic carbocycles. The van der Waals surface area contributed by atoms with E-state index in [0.29, 0.717) is 29.1 Å². The monoisotopic (exact) mass is 544 g/mol. The summed E-state index contributed by atoms with van der Waals surface area (Å²) in [5.41, 5.74) is 2.68. The average molecular weight is 545 g/mol. The highest BCUT2D eigenvalue weighted by atomic mass is 32.2. The van der Waals surface area contributed by atoms with Crippen molar-refractivity contribution in [3.05, 3.63) is 84.4 Å². The van der Waals surface area contributed by atoms with Crippen LogP contribution in [-0.4, -0.2) is 27.5 Å². The van der Waals surface area contributed by atoms with Crippen molar-refractivity contribution >= 4 is 27.3 Å². The molecule has 0 atom stereocenters. The van der Waals surface area contributed by atoms with Crippen LogP contribution in [0.15, 0.2) is 83.8 Å². The molecule has 204 valence electrons. The third-order valence-corrected chi connectivity index (χ3v) is 10.6. The zero-order chi connectivity index (χ0) is 27.0. The molecule has 39 heavy (non-hydrogen) atoms. The Morgan fingerprint density at radius 1 is 0.872 bits per heavy atom. The summed E-state index contributed by atoms with van der Waals surface area (Å²) in [5.74, 6) is 2.60. The Balaban J connectivity index is 1.23. The first-order valence-corrected chi connectivity index (χ1v) is 15.5. The molecule has 6 nitrogen and oxygen atoms in total. The number of hydrogen-bond acceptors (Lipinski definition) is 4. The van der Waals surface area contributed by atoms with Gasteiger partial charge in [0.2, 0.25) is 5.91 Å². The minimum absolute atomic E-state index is 0.115. The molecule has 7 rings (SSSR count). The van der Waals surface area contributed by atoms with Crippen LogP contribution in [0.25, 0.3) is 0 Å². The van der Waals surface area contributed by atoms with E-state index in [9.17, 15) is 13.2 Å². The molecule has 0 saturated heterocycles. The highest BCUT2D eigenvalue weighted by Crippen LogP contribution is 2.60. The van der Waals surface area contributed by atoms with Crippen molar-refractivity contribution in [2.24, 2.45) is 17.8 Å². The Morgan fingerprint density at radius 2 is 1.46 bits per heavy atom. The Hall–Kier alpha value is -3.32. The Morgan fingerprint density at radius 3 is 2.08 bits per heavy atom. The highest BCUT2D eigenvalue weighted by molar-refractivity contribution is 7.92. The smallest absolute Gasteiger partial charge is 0.264 e. The number of ether oxygens (including phenoxy) is 1. The van der Waals surface area contributed by atoms with Gasteiger partial charge in [-0.15, -0.1) is 0 Å². The average Bonchev–Trinajstić information content (AvgIpc) is 2.92. The number of hydrogen-bond donors (Lipinski definition) is 1. The first-order valence-electron chi connectivity index (χ1n) is 14.1. The van der Waals surface area contributed by atoms with Gasteiger partial charge in [-0.1, -0.05) is 42.5 Å². The molecular formula is C32H36N2O4S. The normalized spacial score (nSPS) is 25.3. The van der Waals surface area contributed by atoms with Crippen molar-refractivity contribution in [3.63, 3.8) is 0 Å². The Bertz CT molecular complexity index is 1400. The van der Waals surface area contributed by atoms with Crippen LogP contribution in [0, 0.1) is 17.8 Å². The molecule has 7 heteroatoms. The summed E-state index contributed by atoms with van der Waals surface area (Å²) >= 11 is 0. The minimum atomic E-state index is -4.02. The van der Waals surface area contributed by atoms with Gasteiger partial charge >= 0.3 is 0 Å².